The maximum absolute atomic E-state index is 11.9. The molecule has 19 heavy (non-hydrogen) atoms. The lowest BCUT2D eigenvalue weighted by Crippen LogP contribution is -2.08. The van der Waals surface area contributed by atoms with Crippen molar-refractivity contribution in [3.8, 4) is 5.75 Å². The first-order valence-electron chi connectivity index (χ1n) is 5.19. The second kappa shape index (κ2) is 5.32. The standard InChI is InChI=1S/C12H9ClO4S2/c1-8(14)9-3-2-4-10(7-9)17-19(15,16)12-6-5-11(13)18-12/h2-7H,1H3. The summed E-state index contributed by atoms with van der Waals surface area (Å²) in [7, 11) is -3.91. The molecule has 0 radical (unpaired) electrons. The first-order chi connectivity index (χ1) is 8.88. The molecule has 7 heteroatoms. The van der Waals surface area contributed by atoms with Crippen molar-refractivity contribution in [1.82, 2.24) is 0 Å². The number of hydrogen-bond donors (Lipinski definition) is 0. The number of carbonyl (C=O) groups excluding carboxylic acids is 1. The lowest BCUT2D eigenvalue weighted by atomic mass is 10.1. The van der Waals surface area contributed by atoms with Crippen LogP contribution in [0.25, 0.3) is 0 Å². The Morgan fingerprint density at radius 3 is 2.58 bits per heavy atom. The second-order valence-corrected chi connectivity index (χ2v) is 7.17. The van der Waals surface area contributed by atoms with Crippen molar-refractivity contribution in [2.75, 3.05) is 0 Å². The topological polar surface area (TPSA) is 60.4 Å². The van der Waals surface area contributed by atoms with Crippen LogP contribution in [-0.4, -0.2) is 14.2 Å². The average molecular weight is 317 g/mol. The maximum atomic E-state index is 11.9. The molecule has 100 valence electrons. The first kappa shape index (κ1) is 14.0. The Hall–Kier alpha value is -1.37. The summed E-state index contributed by atoms with van der Waals surface area (Å²) in [6.07, 6.45) is 0. The molecule has 0 aliphatic heterocycles. The number of halogens is 1. The van der Waals surface area contributed by atoms with E-state index < -0.39 is 10.1 Å². The van der Waals surface area contributed by atoms with Gasteiger partial charge in [-0.25, -0.2) is 0 Å². The van der Waals surface area contributed by atoms with E-state index in [4.69, 9.17) is 15.8 Å². The Morgan fingerprint density at radius 2 is 2.00 bits per heavy atom. The van der Waals surface area contributed by atoms with Gasteiger partial charge in [-0.3, -0.25) is 4.79 Å². The van der Waals surface area contributed by atoms with Crippen LogP contribution >= 0.6 is 22.9 Å². The van der Waals surface area contributed by atoms with Crippen molar-refractivity contribution in [1.29, 1.82) is 0 Å². The van der Waals surface area contributed by atoms with Crippen LogP contribution in [0.15, 0.2) is 40.6 Å². The maximum Gasteiger partial charge on any atom is 0.348 e. The van der Waals surface area contributed by atoms with E-state index in [1.54, 1.807) is 12.1 Å². The molecule has 2 aromatic rings. The third-order valence-electron chi connectivity index (χ3n) is 2.24. The largest absolute Gasteiger partial charge is 0.378 e. The van der Waals surface area contributed by atoms with E-state index in [0.717, 1.165) is 11.3 Å². The highest BCUT2D eigenvalue weighted by molar-refractivity contribution is 7.89. The monoisotopic (exact) mass is 316 g/mol. The highest BCUT2D eigenvalue weighted by Crippen LogP contribution is 2.28. The summed E-state index contributed by atoms with van der Waals surface area (Å²) in [5.41, 5.74) is 0.386. The van der Waals surface area contributed by atoms with Crippen molar-refractivity contribution in [2.45, 2.75) is 11.1 Å². The third-order valence-corrected chi connectivity index (χ3v) is 5.17. The van der Waals surface area contributed by atoms with Gasteiger partial charge in [-0.05, 0) is 31.2 Å². The molecule has 0 amide bonds. The molecule has 0 aliphatic rings. The predicted molar refractivity (Wildman–Crippen MR) is 73.6 cm³/mol. The van der Waals surface area contributed by atoms with Crippen LogP contribution in [-0.2, 0) is 10.1 Å². The van der Waals surface area contributed by atoms with Crippen LogP contribution < -0.4 is 4.18 Å². The van der Waals surface area contributed by atoms with Crippen LogP contribution in [0.4, 0.5) is 0 Å². The van der Waals surface area contributed by atoms with Gasteiger partial charge in [0.05, 0.1) is 4.34 Å². The zero-order valence-electron chi connectivity index (χ0n) is 9.79. The molecular weight excluding hydrogens is 308 g/mol. The number of thiophene rings is 1. The first-order valence-corrected chi connectivity index (χ1v) is 7.79. The summed E-state index contributed by atoms with van der Waals surface area (Å²) in [5.74, 6) is -0.0701. The Labute approximate surface area is 119 Å². The molecule has 0 aliphatic carbocycles. The van der Waals surface area contributed by atoms with E-state index in [-0.39, 0.29) is 15.7 Å². The van der Waals surface area contributed by atoms with Gasteiger partial charge in [-0.15, -0.1) is 11.3 Å². The van der Waals surface area contributed by atoms with E-state index in [0.29, 0.717) is 9.90 Å². The Kier molecular flexibility index (Phi) is 3.93. The molecule has 0 N–H and O–H groups in total. The molecule has 1 aromatic carbocycles. The molecule has 0 atom stereocenters. The summed E-state index contributed by atoms with van der Waals surface area (Å²) in [5, 5.41) is 0. The molecule has 0 unspecified atom stereocenters. The Balaban J connectivity index is 2.30. The van der Waals surface area contributed by atoms with Crippen molar-refractivity contribution < 1.29 is 17.4 Å². The normalized spacial score (nSPS) is 11.3. The summed E-state index contributed by atoms with van der Waals surface area (Å²) < 4.78 is 29.2. The summed E-state index contributed by atoms with van der Waals surface area (Å²) >= 11 is 6.60. The Bertz CT molecular complexity index is 719. The molecular formula is C12H9ClO4S2. The van der Waals surface area contributed by atoms with Crippen molar-refractivity contribution >= 4 is 38.8 Å². The van der Waals surface area contributed by atoms with E-state index in [1.807, 2.05) is 0 Å². The number of ketones is 1. The van der Waals surface area contributed by atoms with Crippen molar-refractivity contribution in [3.63, 3.8) is 0 Å². The second-order valence-electron chi connectivity index (χ2n) is 3.68. The van der Waals surface area contributed by atoms with Crippen molar-refractivity contribution in [3.05, 3.63) is 46.3 Å². The van der Waals surface area contributed by atoms with Crippen molar-refractivity contribution in [2.24, 2.45) is 0 Å². The fraction of sp³-hybridized carbons (Fsp3) is 0.0833. The fourth-order valence-corrected chi connectivity index (χ4v) is 3.73. The van der Waals surface area contributed by atoms with Gasteiger partial charge in [0.2, 0.25) is 0 Å². The predicted octanol–water partition coefficient (Wildman–Crippen LogP) is 3.37. The lowest BCUT2D eigenvalue weighted by Gasteiger charge is -2.05. The quantitative estimate of drug-likeness (QED) is 0.641. The van der Waals surface area contributed by atoms with Gasteiger partial charge in [0.15, 0.2) is 9.99 Å². The summed E-state index contributed by atoms with van der Waals surface area (Å²) in [6.45, 7) is 1.40. The number of Topliss-reactive ketones (excluding diaryl/α,β-unsaturated/α-hetero) is 1. The minimum atomic E-state index is -3.91. The van der Waals surface area contributed by atoms with Crippen LogP contribution in [0.1, 0.15) is 17.3 Å². The highest BCUT2D eigenvalue weighted by Gasteiger charge is 2.19. The van der Waals surface area contributed by atoms with Crippen LogP contribution in [0, 0.1) is 0 Å². The minimum Gasteiger partial charge on any atom is -0.378 e. The number of rotatable bonds is 4. The zero-order chi connectivity index (χ0) is 14.0. The molecule has 0 spiro atoms. The van der Waals surface area contributed by atoms with Gasteiger partial charge >= 0.3 is 10.1 Å². The molecule has 4 nitrogen and oxygen atoms in total. The molecule has 0 bridgehead atoms. The number of benzene rings is 1. The molecule has 1 aromatic heterocycles. The summed E-state index contributed by atoms with van der Waals surface area (Å²) in [4.78, 5) is 11.2. The van der Waals surface area contributed by atoms with Crippen LogP contribution in [0.3, 0.4) is 0 Å². The smallest absolute Gasteiger partial charge is 0.348 e. The zero-order valence-corrected chi connectivity index (χ0v) is 12.2. The molecule has 1 heterocycles. The molecule has 0 fully saturated rings. The molecule has 0 saturated heterocycles. The minimum absolute atomic E-state index is 0.0192. The number of hydrogen-bond acceptors (Lipinski definition) is 5. The molecule has 2 rings (SSSR count). The van der Waals surface area contributed by atoms with Gasteiger partial charge in [0.1, 0.15) is 5.75 Å². The third kappa shape index (κ3) is 3.34. The van der Waals surface area contributed by atoms with E-state index >= 15 is 0 Å². The van der Waals surface area contributed by atoms with E-state index in [2.05, 4.69) is 0 Å². The highest BCUT2D eigenvalue weighted by atomic mass is 35.5. The van der Waals surface area contributed by atoms with Gasteiger partial charge in [0, 0.05) is 5.56 Å². The molecule has 0 saturated carbocycles. The fourth-order valence-electron chi connectivity index (χ4n) is 1.37. The average Bonchev–Trinajstić information content (AvgIpc) is 2.76. The van der Waals surface area contributed by atoms with Crippen LogP contribution in [0.5, 0.6) is 5.75 Å². The Morgan fingerprint density at radius 1 is 1.26 bits per heavy atom. The van der Waals surface area contributed by atoms with Gasteiger partial charge in [0.25, 0.3) is 0 Å². The number of carbonyl (C=O) groups is 1. The van der Waals surface area contributed by atoms with Gasteiger partial charge in [-0.1, -0.05) is 23.7 Å². The lowest BCUT2D eigenvalue weighted by molar-refractivity contribution is 0.101. The van der Waals surface area contributed by atoms with E-state index in [1.165, 1.54) is 31.2 Å². The van der Waals surface area contributed by atoms with Crippen LogP contribution in [0.2, 0.25) is 4.34 Å². The van der Waals surface area contributed by atoms with E-state index in [9.17, 15) is 13.2 Å². The SMILES string of the molecule is CC(=O)c1cccc(OS(=O)(=O)c2ccc(Cl)s2)c1. The van der Waals surface area contributed by atoms with Gasteiger partial charge < -0.3 is 4.18 Å². The van der Waals surface area contributed by atoms with Gasteiger partial charge in [-0.2, -0.15) is 8.42 Å². The summed E-state index contributed by atoms with van der Waals surface area (Å²) in [6, 6.07) is 8.85.